The largest absolute Gasteiger partial charge is 0.463 e. The smallest absolute Gasteiger partial charge is 0.336 e. The van der Waals surface area contributed by atoms with Crippen LogP contribution in [0.25, 0.3) is 0 Å². The van der Waals surface area contributed by atoms with Crippen LogP contribution in [0.2, 0.25) is 0 Å². The van der Waals surface area contributed by atoms with Crippen LogP contribution in [0.3, 0.4) is 0 Å². The van der Waals surface area contributed by atoms with Gasteiger partial charge in [-0.25, -0.2) is 4.79 Å². The van der Waals surface area contributed by atoms with Crippen LogP contribution in [0.5, 0.6) is 0 Å². The fraction of sp³-hybridized carbons (Fsp3) is 0.593. The van der Waals surface area contributed by atoms with E-state index in [4.69, 9.17) is 9.73 Å². The average molecular weight is 439 g/mol. The maximum Gasteiger partial charge on any atom is 0.336 e. The number of anilines is 1. The van der Waals surface area contributed by atoms with E-state index >= 15 is 0 Å². The molecule has 0 bridgehead atoms. The number of carbonyl (C=O) groups is 2. The first-order chi connectivity index (χ1) is 15.2. The van der Waals surface area contributed by atoms with Crippen LogP contribution in [-0.2, 0) is 14.3 Å². The van der Waals surface area contributed by atoms with E-state index in [0.717, 1.165) is 43.6 Å². The lowest BCUT2D eigenvalue weighted by Gasteiger charge is -2.41. The minimum Gasteiger partial charge on any atom is -0.463 e. The van der Waals surface area contributed by atoms with Crippen molar-refractivity contribution in [3.63, 3.8) is 0 Å². The molecule has 1 aliphatic heterocycles. The van der Waals surface area contributed by atoms with E-state index in [1.54, 1.807) is 6.92 Å². The van der Waals surface area contributed by atoms with Crippen LogP contribution in [0.1, 0.15) is 78.7 Å². The highest BCUT2D eigenvalue weighted by atomic mass is 16.5. The zero-order valence-corrected chi connectivity index (χ0v) is 20.5. The monoisotopic (exact) mass is 438 g/mol. The van der Waals surface area contributed by atoms with Gasteiger partial charge in [0.05, 0.1) is 18.1 Å². The molecular formula is C27H38N2O3. The summed E-state index contributed by atoms with van der Waals surface area (Å²) in [7, 11) is 0. The summed E-state index contributed by atoms with van der Waals surface area (Å²) in [5.74, 6) is -0.926. The third-order valence-electron chi connectivity index (χ3n) is 6.46. The fourth-order valence-corrected chi connectivity index (χ4v) is 5.23. The molecule has 0 radical (unpaired) electrons. The summed E-state index contributed by atoms with van der Waals surface area (Å²) in [4.78, 5) is 33.5. The molecule has 3 rings (SSSR count). The minimum absolute atomic E-state index is 0.108. The molecule has 5 nitrogen and oxygen atoms in total. The average Bonchev–Trinajstić information content (AvgIpc) is 2.72. The molecule has 1 aromatic carbocycles. The third kappa shape index (κ3) is 4.97. The second-order valence-electron chi connectivity index (χ2n) is 9.84. The van der Waals surface area contributed by atoms with E-state index in [1.165, 1.54) is 5.69 Å². The Labute approximate surface area is 192 Å². The van der Waals surface area contributed by atoms with Crippen LogP contribution in [-0.4, -0.2) is 37.2 Å². The second-order valence-corrected chi connectivity index (χ2v) is 9.84. The van der Waals surface area contributed by atoms with Crippen molar-refractivity contribution in [2.75, 3.05) is 24.6 Å². The molecule has 174 valence electrons. The maximum absolute atomic E-state index is 13.3. The predicted octanol–water partition coefficient (Wildman–Crippen LogP) is 5.69. The predicted molar refractivity (Wildman–Crippen MR) is 130 cm³/mol. The van der Waals surface area contributed by atoms with Gasteiger partial charge in [-0.2, -0.15) is 0 Å². The lowest BCUT2D eigenvalue weighted by molar-refractivity contribution is -0.139. The van der Waals surface area contributed by atoms with Crippen molar-refractivity contribution in [3.8, 4) is 0 Å². The Morgan fingerprint density at radius 3 is 2.25 bits per heavy atom. The molecule has 32 heavy (non-hydrogen) atoms. The summed E-state index contributed by atoms with van der Waals surface area (Å²) in [6, 6.07) is 8.42. The van der Waals surface area contributed by atoms with Gasteiger partial charge in [-0.1, -0.05) is 39.8 Å². The molecule has 0 N–H and O–H groups in total. The molecule has 0 spiro atoms. The fourth-order valence-electron chi connectivity index (χ4n) is 5.23. The first kappa shape index (κ1) is 24.2. The minimum atomic E-state index is -0.389. The maximum atomic E-state index is 13.3. The number of hydrogen-bond donors (Lipinski definition) is 0. The van der Waals surface area contributed by atoms with Gasteiger partial charge in [-0.05, 0) is 56.2 Å². The topological polar surface area (TPSA) is 59.0 Å². The van der Waals surface area contributed by atoms with Crippen LogP contribution < -0.4 is 4.90 Å². The molecule has 0 amide bonds. The number of hydrogen-bond acceptors (Lipinski definition) is 5. The number of Topliss-reactive ketones (excluding diaryl/α,β-unsaturated/α-hetero) is 1. The Morgan fingerprint density at radius 2 is 1.69 bits per heavy atom. The molecule has 0 saturated heterocycles. The van der Waals surface area contributed by atoms with Gasteiger partial charge in [0.25, 0.3) is 0 Å². The molecule has 0 aromatic heterocycles. The number of ether oxygens (including phenoxy) is 1. The summed E-state index contributed by atoms with van der Waals surface area (Å²) >= 11 is 0. The molecule has 1 saturated carbocycles. The van der Waals surface area contributed by atoms with Gasteiger partial charge < -0.3 is 9.64 Å². The highest BCUT2D eigenvalue weighted by molar-refractivity contribution is 6.12. The van der Waals surface area contributed by atoms with Crippen molar-refractivity contribution in [1.82, 2.24) is 0 Å². The highest BCUT2D eigenvalue weighted by Crippen LogP contribution is 2.47. The number of ketones is 1. The van der Waals surface area contributed by atoms with E-state index in [1.807, 2.05) is 6.92 Å². The molecule has 2 aliphatic rings. The number of rotatable bonds is 8. The lowest BCUT2D eigenvalue weighted by Crippen LogP contribution is -2.44. The number of aliphatic imine (C=N–C) groups is 1. The van der Waals surface area contributed by atoms with Crippen molar-refractivity contribution in [2.45, 2.75) is 73.1 Å². The van der Waals surface area contributed by atoms with Crippen LogP contribution in [0, 0.1) is 11.3 Å². The molecule has 5 heteroatoms. The van der Waals surface area contributed by atoms with Crippen molar-refractivity contribution in [3.05, 3.63) is 41.1 Å². The van der Waals surface area contributed by atoms with Gasteiger partial charge in [0.1, 0.15) is 5.78 Å². The molecule has 1 fully saturated rings. The number of carbonyl (C=O) groups excluding carboxylic acids is 2. The Morgan fingerprint density at radius 1 is 1.06 bits per heavy atom. The first-order valence-corrected chi connectivity index (χ1v) is 12.0. The quantitative estimate of drug-likeness (QED) is 0.489. The zero-order valence-electron chi connectivity index (χ0n) is 20.5. The van der Waals surface area contributed by atoms with Crippen LogP contribution >= 0.6 is 0 Å². The van der Waals surface area contributed by atoms with Gasteiger partial charge in [0.2, 0.25) is 0 Å². The van der Waals surface area contributed by atoms with Gasteiger partial charge in [0.15, 0.2) is 0 Å². The van der Waals surface area contributed by atoms with E-state index in [0.29, 0.717) is 24.3 Å². The van der Waals surface area contributed by atoms with Crippen molar-refractivity contribution in [2.24, 2.45) is 16.3 Å². The van der Waals surface area contributed by atoms with Crippen LogP contribution in [0.15, 0.2) is 40.5 Å². The Balaban J connectivity index is 2.05. The zero-order chi connectivity index (χ0) is 23.5. The highest BCUT2D eigenvalue weighted by Gasteiger charge is 2.47. The van der Waals surface area contributed by atoms with Crippen LogP contribution in [0.4, 0.5) is 5.69 Å². The van der Waals surface area contributed by atoms with E-state index in [-0.39, 0.29) is 29.0 Å². The Bertz CT molecular complexity index is 905. The van der Waals surface area contributed by atoms with E-state index < -0.39 is 0 Å². The molecule has 1 heterocycles. The second kappa shape index (κ2) is 10.0. The van der Waals surface area contributed by atoms with Crippen molar-refractivity contribution >= 4 is 23.2 Å². The SMILES string of the molecule is CCCN(CCC)c1ccc([C@H]2C(C(=O)OCC)=C(C)N=C3CC(C)(C)CC(=O)C32)cc1. The summed E-state index contributed by atoms with van der Waals surface area (Å²) in [6.07, 6.45) is 3.45. The molecule has 2 atom stereocenters. The molecule has 1 unspecified atom stereocenters. The Kier molecular flexibility index (Phi) is 7.58. The van der Waals surface area contributed by atoms with Gasteiger partial charge in [-0.3, -0.25) is 9.79 Å². The normalized spacial score (nSPS) is 22.3. The molecular weight excluding hydrogens is 400 g/mol. The third-order valence-corrected chi connectivity index (χ3v) is 6.46. The van der Waals surface area contributed by atoms with Gasteiger partial charge >= 0.3 is 5.97 Å². The number of allylic oxidation sites excluding steroid dienone is 1. The summed E-state index contributed by atoms with van der Waals surface area (Å²) in [6.45, 7) is 14.6. The summed E-state index contributed by atoms with van der Waals surface area (Å²) < 4.78 is 5.40. The van der Waals surface area contributed by atoms with Crippen molar-refractivity contribution < 1.29 is 14.3 Å². The lowest BCUT2D eigenvalue weighted by atomic mass is 9.63. The van der Waals surface area contributed by atoms with Gasteiger partial charge in [-0.15, -0.1) is 0 Å². The molecule has 1 aromatic rings. The molecule has 1 aliphatic carbocycles. The Hall–Kier alpha value is -2.43. The van der Waals surface area contributed by atoms with E-state index in [2.05, 4.69) is 56.9 Å². The number of nitrogens with zero attached hydrogens (tertiary/aromatic N) is 2. The standard InChI is InChI=1S/C27H38N2O3/c1-7-14-29(15-8-2)20-12-10-19(11-13-20)24-23(26(31)32-9-3)18(4)28-21-16-27(5,6)17-22(30)25(21)24/h10-13,24-25H,7-9,14-17H2,1-6H3/t24-,25?/m0/s1. The number of benzene rings is 1. The number of esters is 1. The van der Waals surface area contributed by atoms with Crippen molar-refractivity contribution in [1.29, 1.82) is 0 Å². The van der Waals surface area contributed by atoms with Gasteiger partial charge in [0, 0.05) is 42.5 Å². The number of fused-ring (bicyclic) bond motifs is 1. The summed E-state index contributed by atoms with van der Waals surface area (Å²) in [5, 5.41) is 0. The first-order valence-electron chi connectivity index (χ1n) is 12.0. The summed E-state index contributed by atoms with van der Waals surface area (Å²) in [5.41, 5.74) is 4.16. The van der Waals surface area contributed by atoms with E-state index in [9.17, 15) is 9.59 Å².